The van der Waals surface area contributed by atoms with Gasteiger partial charge in [0.05, 0.1) is 13.7 Å². The van der Waals surface area contributed by atoms with Crippen molar-refractivity contribution in [1.29, 1.82) is 5.26 Å². The maximum Gasteiger partial charge on any atom is 0.266 e. The molecule has 0 aliphatic carbocycles. The molecule has 1 amide bonds. The van der Waals surface area contributed by atoms with Crippen LogP contribution in [0.1, 0.15) is 23.6 Å². The minimum atomic E-state index is -0.517. The van der Waals surface area contributed by atoms with E-state index in [0.29, 0.717) is 40.8 Å². The van der Waals surface area contributed by atoms with Gasteiger partial charge < -0.3 is 14.8 Å². The number of carbonyl (C=O) groups excluding carboxylic acids is 1. The Bertz CT molecular complexity index is 990. The van der Waals surface area contributed by atoms with Crippen molar-refractivity contribution >= 4 is 29.3 Å². The van der Waals surface area contributed by atoms with E-state index in [4.69, 9.17) is 21.1 Å². The van der Waals surface area contributed by atoms with Crippen molar-refractivity contribution in [2.24, 2.45) is 0 Å². The van der Waals surface area contributed by atoms with Crippen molar-refractivity contribution in [3.8, 4) is 17.6 Å². The van der Waals surface area contributed by atoms with Gasteiger partial charge in [-0.05, 0) is 61.7 Å². The van der Waals surface area contributed by atoms with Gasteiger partial charge in [-0.1, -0.05) is 23.7 Å². The number of hydrogen-bond acceptors (Lipinski definition) is 4. The van der Waals surface area contributed by atoms with Crippen LogP contribution in [0.3, 0.4) is 0 Å². The van der Waals surface area contributed by atoms with Gasteiger partial charge in [-0.2, -0.15) is 5.26 Å². The van der Waals surface area contributed by atoms with E-state index in [1.165, 1.54) is 6.08 Å². The van der Waals surface area contributed by atoms with Crippen LogP contribution in [0.15, 0.2) is 48.6 Å². The Kier molecular flexibility index (Phi) is 7.88. The molecule has 29 heavy (non-hydrogen) atoms. The molecule has 0 atom stereocenters. The molecule has 0 saturated heterocycles. The second-order valence-electron chi connectivity index (χ2n) is 6.17. The van der Waals surface area contributed by atoms with Gasteiger partial charge in [0.2, 0.25) is 0 Å². The molecule has 2 aromatic rings. The van der Waals surface area contributed by atoms with E-state index in [-0.39, 0.29) is 5.57 Å². The van der Waals surface area contributed by atoms with Gasteiger partial charge in [-0.3, -0.25) is 4.79 Å². The number of nitrogens with zero attached hydrogens (tertiary/aromatic N) is 1. The second kappa shape index (κ2) is 10.4. The third-order valence-corrected chi connectivity index (χ3v) is 4.62. The van der Waals surface area contributed by atoms with Gasteiger partial charge in [-0.15, -0.1) is 6.58 Å². The lowest BCUT2D eigenvalue weighted by atomic mass is 10.0. The fourth-order valence-corrected chi connectivity index (χ4v) is 2.99. The molecule has 0 saturated carbocycles. The molecule has 2 aromatic carbocycles. The maximum absolute atomic E-state index is 12.6. The lowest BCUT2D eigenvalue weighted by Gasteiger charge is -2.14. The van der Waals surface area contributed by atoms with E-state index in [0.717, 1.165) is 11.1 Å². The monoisotopic (exact) mass is 410 g/mol. The lowest BCUT2D eigenvalue weighted by molar-refractivity contribution is -0.112. The summed E-state index contributed by atoms with van der Waals surface area (Å²) >= 11 is 6.10. The number of ether oxygens (including phenoxy) is 2. The Morgan fingerprint density at radius 3 is 2.76 bits per heavy atom. The van der Waals surface area contributed by atoms with E-state index in [1.54, 1.807) is 44.4 Å². The number of allylic oxidation sites excluding steroid dienone is 1. The Labute approximate surface area is 176 Å². The first-order valence-electron chi connectivity index (χ1n) is 9.08. The van der Waals surface area contributed by atoms with Crippen LogP contribution in [-0.4, -0.2) is 19.6 Å². The van der Waals surface area contributed by atoms with Gasteiger partial charge in [0.1, 0.15) is 11.6 Å². The van der Waals surface area contributed by atoms with Crippen molar-refractivity contribution in [1.82, 2.24) is 0 Å². The number of nitriles is 1. The number of hydrogen-bond donors (Lipinski definition) is 1. The van der Waals surface area contributed by atoms with Crippen molar-refractivity contribution in [2.75, 3.05) is 19.0 Å². The van der Waals surface area contributed by atoms with Gasteiger partial charge in [0, 0.05) is 16.3 Å². The highest BCUT2D eigenvalue weighted by Gasteiger charge is 2.15. The summed E-state index contributed by atoms with van der Waals surface area (Å²) in [6.45, 7) is 7.89. The third kappa shape index (κ3) is 5.40. The summed E-state index contributed by atoms with van der Waals surface area (Å²) in [5.41, 5.74) is 2.75. The molecule has 0 heterocycles. The van der Waals surface area contributed by atoms with Crippen molar-refractivity contribution in [2.45, 2.75) is 20.3 Å². The fourth-order valence-electron chi connectivity index (χ4n) is 2.82. The number of methoxy groups -OCH3 is 1. The quantitative estimate of drug-likeness (QED) is 0.362. The zero-order valence-electron chi connectivity index (χ0n) is 16.7. The van der Waals surface area contributed by atoms with E-state index in [2.05, 4.69) is 11.9 Å². The summed E-state index contributed by atoms with van der Waals surface area (Å²) in [5.74, 6) is 0.641. The lowest BCUT2D eigenvalue weighted by Crippen LogP contribution is -2.14. The molecule has 5 nitrogen and oxygen atoms in total. The number of amides is 1. The van der Waals surface area contributed by atoms with E-state index in [1.807, 2.05) is 19.1 Å². The molecule has 2 rings (SSSR count). The zero-order chi connectivity index (χ0) is 21.4. The molecule has 0 fully saturated rings. The van der Waals surface area contributed by atoms with Crippen LogP contribution in [0.2, 0.25) is 5.02 Å². The standard InChI is InChI=1S/C23H23ClN2O3/c1-5-8-17-11-16(13-21(29-6-2)22(17)28-4)12-18(14-25)23(27)26-20-10-7-9-19(24)15(20)3/h5,7,9-13H,1,6,8H2,2-4H3,(H,26,27)/b18-12+. The Hall–Kier alpha value is -3.23. The van der Waals surface area contributed by atoms with Crippen molar-refractivity contribution in [3.63, 3.8) is 0 Å². The molecule has 0 radical (unpaired) electrons. The SMILES string of the molecule is C=CCc1cc(/C=C(\C#N)C(=O)Nc2cccc(Cl)c2C)cc(OCC)c1OC. The topological polar surface area (TPSA) is 71.4 Å². The molecule has 0 spiro atoms. The summed E-state index contributed by atoms with van der Waals surface area (Å²) < 4.78 is 11.1. The first kappa shape index (κ1) is 22.1. The van der Waals surface area contributed by atoms with Crippen molar-refractivity contribution in [3.05, 3.63) is 70.3 Å². The van der Waals surface area contributed by atoms with Crippen LogP contribution in [0.5, 0.6) is 11.5 Å². The predicted octanol–water partition coefficient (Wildman–Crippen LogP) is 5.33. The average molecular weight is 411 g/mol. The molecule has 0 bridgehead atoms. The summed E-state index contributed by atoms with van der Waals surface area (Å²) in [6.07, 6.45) is 3.82. The number of carbonyl (C=O) groups is 1. The smallest absolute Gasteiger partial charge is 0.266 e. The number of benzene rings is 2. The maximum atomic E-state index is 12.6. The van der Waals surface area contributed by atoms with E-state index >= 15 is 0 Å². The van der Waals surface area contributed by atoms with E-state index < -0.39 is 5.91 Å². The van der Waals surface area contributed by atoms with Crippen LogP contribution in [-0.2, 0) is 11.2 Å². The van der Waals surface area contributed by atoms with Crippen LogP contribution < -0.4 is 14.8 Å². The molecule has 150 valence electrons. The highest BCUT2D eigenvalue weighted by Crippen LogP contribution is 2.34. The van der Waals surface area contributed by atoms with Gasteiger partial charge >= 0.3 is 0 Å². The number of anilines is 1. The highest BCUT2D eigenvalue weighted by atomic mass is 35.5. The Balaban J connectivity index is 2.43. The Morgan fingerprint density at radius 2 is 2.14 bits per heavy atom. The minimum Gasteiger partial charge on any atom is -0.493 e. The summed E-state index contributed by atoms with van der Waals surface area (Å²) in [4.78, 5) is 12.6. The predicted molar refractivity (Wildman–Crippen MR) is 116 cm³/mol. The molecule has 0 aromatic heterocycles. The molecule has 0 unspecified atom stereocenters. The summed E-state index contributed by atoms with van der Waals surface area (Å²) in [6, 6.07) is 10.8. The fraction of sp³-hybridized carbons (Fsp3) is 0.217. The summed E-state index contributed by atoms with van der Waals surface area (Å²) in [5, 5.41) is 12.8. The second-order valence-corrected chi connectivity index (χ2v) is 6.58. The van der Waals surface area contributed by atoms with Gasteiger partial charge in [0.25, 0.3) is 5.91 Å². The molecular weight excluding hydrogens is 388 g/mol. The van der Waals surface area contributed by atoms with Gasteiger partial charge in [-0.25, -0.2) is 0 Å². The highest BCUT2D eigenvalue weighted by molar-refractivity contribution is 6.31. The van der Waals surface area contributed by atoms with Crippen LogP contribution in [0.4, 0.5) is 5.69 Å². The first-order valence-corrected chi connectivity index (χ1v) is 9.45. The van der Waals surface area contributed by atoms with E-state index in [9.17, 15) is 10.1 Å². The number of halogens is 1. The zero-order valence-corrected chi connectivity index (χ0v) is 17.5. The summed E-state index contributed by atoms with van der Waals surface area (Å²) in [7, 11) is 1.57. The van der Waals surface area contributed by atoms with Crippen LogP contribution in [0, 0.1) is 18.3 Å². The number of rotatable bonds is 8. The van der Waals surface area contributed by atoms with Crippen LogP contribution >= 0.6 is 11.6 Å². The van der Waals surface area contributed by atoms with Crippen molar-refractivity contribution < 1.29 is 14.3 Å². The molecular formula is C23H23ClN2O3. The van der Waals surface area contributed by atoms with Gasteiger partial charge in [0.15, 0.2) is 11.5 Å². The molecule has 1 N–H and O–H groups in total. The third-order valence-electron chi connectivity index (χ3n) is 4.21. The average Bonchev–Trinajstić information content (AvgIpc) is 2.70. The molecule has 6 heteroatoms. The Morgan fingerprint density at radius 1 is 1.38 bits per heavy atom. The molecule has 0 aliphatic heterocycles. The van der Waals surface area contributed by atoms with Crippen LogP contribution in [0.25, 0.3) is 6.08 Å². The first-order chi connectivity index (χ1) is 13.9. The minimum absolute atomic E-state index is 0.0402. The normalized spacial score (nSPS) is 10.8. The number of nitrogens with one attached hydrogen (secondary N) is 1. The largest absolute Gasteiger partial charge is 0.493 e. The molecule has 0 aliphatic rings.